The quantitative estimate of drug-likeness (QED) is 0.714. The first kappa shape index (κ1) is 8.26. The summed E-state index contributed by atoms with van der Waals surface area (Å²) in [5, 5.41) is 9.48. The van der Waals surface area contributed by atoms with Crippen molar-refractivity contribution in [3.05, 3.63) is 35.9 Å². The number of carbonyl (C=O) groups excluding carboxylic acids is 1. The van der Waals surface area contributed by atoms with Gasteiger partial charge in [-0.05, 0) is 12.5 Å². The molecule has 0 unspecified atom stereocenters. The lowest BCUT2D eigenvalue weighted by atomic mass is 10.1. The van der Waals surface area contributed by atoms with Gasteiger partial charge in [-0.25, -0.2) is 4.79 Å². The van der Waals surface area contributed by atoms with E-state index in [0.717, 1.165) is 0 Å². The zero-order valence-corrected chi connectivity index (χ0v) is 7.14. The van der Waals surface area contributed by atoms with Gasteiger partial charge in [0.15, 0.2) is 6.10 Å². The predicted molar refractivity (Wildman–Crippen MR) is 48.0 cm³/mol. The molecule has 1 N–H and O–H groups in total. The van der Waals surface area contributed by atoms with E-state index in [1.54, 1.807) is 30.3 Å². The molecule has 0 heterocycles. The van der Waals surface area contributed by atoms with Crippen LogP contribution in [-0.4, -0.2) is 17.7 Å². The van der Waals surface area contributed by atoms with Crippen molar-refractivity contribution in [1.29, 1.82) is 0 Å². The lowest BCUT2D eigenvalue weighted by molar-refractivity contribution is -0.153. The molecule has 0 aliphatic heterocycles. The lowest BCUT2D eigenvalue weighted by Gasteiger charge is -2.08. The summed E-state index contributed by atoms with van der Waals surface area (Å²) >= 11 is 0. The van der Waals surface area contributed by atoms with E-state index in [2.05, 4.69) is 4.74 Å². The van der Waals surface area contributed by atoms with Crippen molar-refractivity contribution in [3.63, 3.8) is 0 Å². The van der Waals surface area contributed by atoms with Crippen molar-refractivity contribution in [2.45, 2.75) is 13.0 Å². The SMILES string of the molecule is [2H]CCOC(=O)[C@@H](O)c1ccccc1. The molecular formula is C10H12O3. The van der Waals surface area contributed by atoms with Crippen molar-refractivity contribution in [2.75, 3.05) is 6.61 Å². The number of aliphatic hydroxyl groups excluding tert-OH is 1. The molecule has 3 nitrogen and oxygen atoms in total. The first-order valence-corrected chi connectivity index (χ1v) is 3.94. The number of ether oxygens (including phenoxy) is 1. The summed E-state index contributed by atoms with van der Waals surface area (Å²) in [6.45, 7) is 0.0238. The Bertz CT molecular complexity index is 287. The largest absolute Gasteiger partial charge is 0.464 e. The van der Waals surface area contributed by atoms with Gasteiger partial charge in [0.05, 0.1) is 6.61 Å². The van der Waals surface area contributed by atoms with Crippen molar-refractivity contribution in [1.82, 2.24) is 0 Å². The molecule has 0 aliphatic rings. The standard InChI is InChI=1S/C10H12O3/c1-2-13-10(12)9(11)8-6-4-3-5-7-8/h3-7,9,11H,2H2,1H3/t9-/m0/s1/i1D. The van der Waals surface area contributed by atoms with E-state index in [0.29, 0.717) is 5.56 Å². The molecule has 0 amide bonds. The molecule has 0 saturated carbocycles. The molecule has 1 aromatic carbocycles. The fraction of sp³-hybridized carbons (Fsp3) is 0.300. The lowest BCUT2D eigenvalue weighted by Crippen LogP contribution is -2.15. The molecular weight excluding hydrogens is 168 g/mol. The van der Waals surface area contributed by atoms with Gasteiger partial charge in [-0.15, -0.1) is 0 Å². The molecule has 13 heavy (non-hydrogen) atoms. The Balaban J connectivity index is 2.57. The Morgan fingerprint density at radius 2 is 2.31 bits per heavy atom. The van der Waals surface area contributed by atoms with E-state index in [4.69, 9.17) is 1.37 Å². The number of carbonyl (C=O) groups is 1. The third-order valence-electron chi connectivity index (χ3n) is 1.58. The third-order valence-corrected chi connectivity index (χ3v) is 1.58. The van der Waals surface area contributed by atoms with Gasteiger partial charge in [0.2, 0.25) is 0 Å². The van der Waals surface area contributed by atoms with Crippen LogP contribution in [0.25, 0.3) is 0 Å². The second kappa shape index (κ2) is 4.62. The van der Waals surface area contributed by atoms with Crippen LogP contribution in [0.4, 0.5) is 0 Å². The number of aliphatic hydroxyl groups is 1. The van der Waals surface area contributed by atoms with Crippen LogP contribution in [-0.2, 0) is 9.53 Å². The molecule has 70 valence electrons. The van der Waals surface area contributed by atoms with Gasteiger partial charge >= 0.3 is 5.97 Å². The first-order chi connectivity index (χ1) is 6.75. The fourth-order valence-electron chi connectivity index (χ4n) is 0.951. The van der Waals surface area contributed by atoms with E-state index < -0.39 is 12.1 Å². The Hall–Kier alpha value is -1.35. The van der Waals surface area contributed by atoms with E-state index in [-0.39, 0.29) is 13.5 Å². The highest BCUT2D eigenvalue weighted by Crippen LogP contribution is 2.13. The van der Waals surface area contributed by atoms with Crippen LogP contribution in [0, 0.1) is 0 Å². The second-order valence-electron chi connectivity index (χ2n) is 2.48. The molecule has 0 bridgehead atoms. The monoisotopic (exact) mass is 181 g/mol. The molecule has 0 saturated heterocycles. The summed E-state index contributed by atoms with van der Waals surface area (Å²) in [5.74, 6) is -0.705. The maximum absolute atomic E-state index is 11.1. The molecule has 1 atom stereocenters. The highest BCUT2D eigenvalue weighted by molar-refractivity contribution is 5.76. The highest BCUT2D eigenvalue weighted by atomic mass is 16.5. The summed E-state index contributed by atoms with van der Waals surface area (Å²) in [7, 11) is 0. The minimum Gasteiger partial charge on any atom is -0.464 e. The molecule has 3 heteroatoms. The van der Waals surface area contributed by atoms with Crippen LogP contribution in [0.15, 0.2) is 30.3 Å². The normalized spacial score (nSPS) is 13.2. The zero-order chi connectivity index (χ0) is 10.4. The van der Waals surface area contributed by atoms with Crippen molar-refractivity contribution >= 4 is 5.97 Å². The third kappa shape index (κ3) is 2.56. The summed E-state index contributed by atoms with van der Waals surface area (Å²) in [6, 6.07) is 8.55. The van der Waals surface area contributed by atoms with Gasteiger partial charge in [-0.3, -0.25) is 0 Å². The van der Waals surface area contributed by atoms with Gasteiger partial charge in [-0.1, -0.05) is 30.3 Å². The van der Waals surface area contributed by atoms with Crippen LogP contribution >= 0.6 is 0 Å². The van der Waals surface area contributed by atoms with Crippen molar-refractivity contribution < 1.29 is 16.0 Å². The van der Waals surface area contributed by atoms with Gasteiger partial charge in [0, 0.05) is 1.37 Å². The molecule has 0 aliphatic carbocycles. The molecule has 0 aromatic heterocycles. The minimum atomic E-state index is -1.25. The average Bonchev–Trinajstić information content (AvgIpc) is 2.26. The minimum absolute atomic E-state index is 0.00719. The predicted octanol–water partition coefficient (Wildman–Crippen LogP) is 1.28. The van der Waals surface area contributed by atoms with E-state index in [9.17, 15) is 9.90 Å². The summed E-state index contributed by atoms with van der Waals surface area (Å²) in [4.78, 5) is 11.1. The Morgan fingerprint density at radius 1 is 1.62 bits per heavy atom. The smallest absolute Gasteiger partial charge is 0.339 e. The van der Waals surface area contributed by atoms with E-state index in [1.807, 2.05) is 0 Å². The van der Waals surface area contributed by atoms with Crippen LogP contribution in [0.5, 0.6) is 0 Å². The Morgan fingerprint density at radius 3 is 2.92 bits per heavy atom. The Labute approximate surface area is 78.4 Å². The molecule has 1 aromatic rings. The number of esters is 1. The van der Waals surface area contributed by atoms with Crippen LogP contribution in [0.2, 0.25) is 0 Å². The summed E-state index contributed by atoms with van der Waals surface area (Å²) in [6.07, 6.45) is -1.25. The number of hydrogen-bond acceptors (Lipinski definition) is 3. The zero-order valence-electron chi connectivity index (χ0n) is 8.14. The van der Waals surface area contributed by atoms with Gasteiger partial charge in [0.1, 0.15) is 0 Å². The maximum Gasteiger partial charge on any atom is 0.339 e. The van der Waals surface area contributed by atoms with Gasteiger partial charge in [-0.2, -0.15) is 0 Å². The van der Waals surface area contributed by atoms with Crippen molar-refractivity contribution in [3.8, 4) is 0 Å². The number of hydrogen-bond donors (Lipinski definition) is 1. The molecule has 1 rings (SSSR count). The second-order valence-corrected chi connectivity index (χ2v) is 2.48. The maximum atomic E-state index is 11.1. The average molecular weight is 181 g/mol. The van der Waals surface area contributed by atoms with E-state index in [1.165, 1.54) is 0 Å². The first-order valence-electron chi connectivity index (χ1n) is 4.65. The summed E-state index contributed by atoms with van der Waals surface area (Å²) in [5.41, 5.74) is 0.502. The highest BCUT2D eigenvalue weighted by Gasteiger charge is 2.17. The van der Waals surface area contributed by atoms with Crippen LogP contribution in [0.1, 0.15) is 19.9 Å². The van der Waals surface area contributed by atoms with Gasteiger partial charge < -0.3 is 9.84 Å². The van der Waals surface area contributed by atoms with Crippen LogP contribution in [0.3, 0.4) is 0 Å². The van der Waals surface area contributed by atoms with Crippen molar-refractivity contribution in [2.24, 2.45) is 0 Å². The number of rotatable bonds is 3. The van der Waals surface area contributed by atoms with E-state index >= 15 is 0 Å². The summed E-state index contributed by atoms with van der Waals surface area (Å²) < 4.78 is 11.4. The van der Waals surface area contributed by atoms with Gasteiger partial charge in [0.25, 0.3) is 0 Å². The van der Waals surface area contributed by atoms with Crippen LogP contribution < -0.4 is 0 Å². The fourth-order valence-corrected chi connectivity index (χ4v) is 0.951. The number of benzene rings is 1. The molecule has 0 fully saturated rings. The topological polar surface area (TPSA) is 46.5 Å². The Kier molecular flexibility index (Phi) is 2.94. The molecule has 0 radical (unpaired) electrons. The molecule has 0 spiro atoms.